The van der Waals surface area contributed by atoms with Crippen LogP contribution in [0.5, 0.6) is 0 Å². The summed E-state index contributed by atoms with van der Waals surface area (Å²) in [6, 6.07) is 5.70. The lowest BCUT2D eigenvalue weighted by Crippen LogP contribution is -2.44. The number of carbonyl (C=O) groups excluding carboxylic acids is 2. The first-order valence-corrected chi connectivity index (χ1v) is 8.93. The highest BCUT2D eigenvalue weighted by Crippen LogP contribution is 2.62. The number of ketones is 2. The van der Waals surface area contributed by atoms with Gasteiger partial charge in [0.05, 0.1) is 11.7 Å². The van der Waals surface area contributed by atoms with Crippen LogP contribution in [0.2, 0.25) is 0 Å². The van der Waals surface area contributed by atoms with Crippen molar-refractivity contribution in [3.8, 4) is 0 Å². The molecular weight excluding hydrogens is 300 g/mol. The number of rotatable bonds is 3. The number of benzene rings is 1. The van der Waals surface area contributed by atoms with Crippen molar-refractivity contribution in [1.82, 2.24) is 0 Å². The Bertz CT molecular complexity index is 762. The van der Waals surface area contributed by atoms with E-state index in [4.69, 9.17) is 4.74 Å². The molecule has 0 radical (unpaired) electrons. The van der Waals surface area contributed by atoms with E-state index in [9.17, 15) is 9.59 Å². The molecule has 4 unspecified atom stereocenters. The molecule has 1 heterocycles. The predicted octanol–water partition coefficient (Wildman–Crippen LogP) is 4.15. The van der Waals surface area contributed by atoms with Crippen LogP contribution >= 0.6 is 0 Å². The summed E-state index contributed by atoms with van der Waals surface area (Å²) >= 11 is 0. The van der Waals surface area contributed by atoms with Gasteiger partial charge in [-0.2, -0.15) is 0 Å². The van der Waals surface area contributed by atoms with Gasteiger partial charge in [0.25, 0.3) is 0 Å². The maximum atomic E-state index is 12.1. The van der Waals surface area contributed by atoms with Crippen LogP contribution in [-0.4, -0.2) is 23.3 Å². The van der Waals surface area contributed by atoms with Crippen LogP contribution in [-0.2, 0) is 11.2 Å². The molecule has 2 fully saturated rings. The Labute approximate surface area is 143 Å². The number of hydrogen-bond acceptors (Lipinski definition) is 3. The van der Waals surface area contributed by atoms with Crippen molar-refractivity contribution < 1.29 is 14.3 Å². The van der Waals surface area contributed by atoms with Gasteiger partial charge >= 0.3 is 0 Å². The average Bonchev–Trinajstić information content (AvgIpc) is 3.26. The largest absolute Gasteiger partial charge is 0.366 e. The molecule has 1 saturated carbocycles. The molecule has 3 aliphatic rings. The minimum Gasteiger partial charge on any atom is -0.366 e. The number of allylic oxidation sites excluding steroid dienone is 2. The van der Waals surface area contributed by atoms with Crippen molar-refractivity contribution >= 4 is 11.6 Å². The van der Waals surface area contributed by atoms with Gasteiger partial charge < -0.3 is 4.74 Å². The summed E-state index contributed by atoms with van der Waals surface area (Å²) in [5, 5.41) is 0. The van der Waals surface area contributed by atoms with Crippen LogP contribution in [0, 0.1) is 11.3 Å². The summed E-state index contributed by atoms with van der Waals surface area (Å²) in [5.74, 6) is 0.483. The van der Waals surface area contributed by atoms with Gasteiger partial charge in [-0.25, -0.2) is 0 Å². The quantitative estimate of drug-likeness (QED) is 0.785. The Balaban J connectivity index is 1.56. The first-order chi connectivity index (χ1) is 11.3. The average molecular weight is 324 g/mol. The number of hydrogen-bond donors (Lipinski definition) is 0. The van der Waals surface area contributed by atoms with Crippen LogP contribution in [0.3, 0.4) is 0 Å². The molecule has 1 aromatic rings. The Morgan fingerprint density at radius 2 is 1.79 bits per heavy atom. The third-order valence-electron chi connectivity index (χ3n) is 6.96. The number of aryl methyl sites for hydroxylation is 1. The summed E-state index contributed by atoms with van der Waals surface area (Å²) in [7, 11) is 0. The zero-order valence-electron chi connectivity index (χ0n) is 14.6. The van der Waals surface area contributed by atoms with Gasteiger partial charge in [-0.1, -0.05) is 26.0 Å². The van der Waals surface area contributed by atoms with E-state index in [1.165, 1.54) is 25.0 Å². The molecule has 0 spiro atoms. The van der Waals surface area contributed by atoms with Crippen LogP contribution < -0.4 is 0 Å². The van der Waals surface area contributed by atoms with Gasteiger partial charge in [-0.05, 0) is 62.3 Å². The third kappa shape index (κ3) is 2.14. The van der Waals surface area contributed by atoms with Gasteiger partial charge in [0, 0.05) is 16.5 Å². The molecule has 4 atom stereocenters. The minimum absolute atomic E-state index is 0.00734. The van der Waals surface area contributed by atoms with Crippen molar-refractivity contribution in [3.05, 3.63) is 47.0 Å². The second-order valence-corrected chi connectivity index (χ2v) is 8.05. The van der Waals surface area contributed by atoms with E-state index in [0.717, 1.165) is 18.4 Å². The van der Waals surface area contributed by atoms with Crippen molar-refractivity contribution in [2.24, 2.45) is 11.3 Å². The summed E-state index contributed by atoms with van der Waals surface area (Å²) in [5.41, 5.74) is 2.37. The lowest BCUT2D eigenvalue weighted by Gasteiger charge is -2.43. The zero-order chi connectivity index (χ0) is 17.1. The zero-order valence-corrected chi connectivity index (χ0v) is 14.6. The van der Waals surface area contributed by atoms with E-state index in [2.05, 4.69) is 20.8 Å². The highest BCUT2D eigenvalue weighted by molar-refractivity contribution is 6.22. The molecule has 4 rings (SSSR count). The van der Waals surface area contributed by atoms with Gasteiger partial charge in [0.2, 0.25) is 0 Å². The number of carbonyl (C=O) groups is 2. The summed E-state index contributed by atoms with van der Waals surface area (Å²) in [6.45, 7) is 6.95. The Hall–Kier alpha value is -1.74. The fraction of sp³-hybridized carbons (Fsp3) is 0.524. The van der Waals surface area contributed by atoms with Crippen LogP contribution in [0.15, 0.2) is 30.4 Å². The standard InChI is InChI=1S/C21H24O3/c1-13-4-9-19-21(3,24-19)20(13,2)11-10-14-5-6-15-16(12-14)18(23)8-7-17(15)22/h5-8,12-13,19H,4,9-11H2,1-3H3. The maximum absolute atomic E-state index is 12.1. The molecule has 0 N–H and O–H groups in total. The number of fused-ring (bicyclic) bond motifs is 2. The highest BCUT2D eigenvalue weighted by atomic mass is 16.6. The molecule has 3 nitrogen and oxygen atoms in total. The minimum atomic E-state index is -0.0780. The van der Waals surface area contributed by atoms with Crippen LogP contribution in [0.4, 0.5) is 0 Å². The Morgan fingerprint density at radius 1 is 1.08 bits per heavy atom. The Morgan fingerprint density at radius 3 is 2.54 bits per heavy atom. The number of epoxide rings is 1. The second-order valence-electron chi connectivity index (χ2n) is 8.05. The van der Waals surface area contributed by atoms with Crippen molar-refractivity contribution in [2.45, 2.75) is 58.2 Å². The third-order valence-corrected chi connectivity index (χ3v) is 6.96. The molecule has 0 amide bonds. The van der Waals surface area contributed by atoms with Crippen molar-refractivity contribution in [3.63, 3.8) is 0 Å². The van der Waals surface area contributed by atoms with Crippen LogP contribution in [0.1, 0.15) is 66.3 Å². The molecule has 0 aromatic heterocycles. The van der Waals surface area contributed by atoms with E-state index in [1.54, 1.807) is 6.07 Å². The van der Waals surface area contributed by atoms with E-state index in [0.29, 0.717) is 23.1 Å². The molecule has 3 heteroatoms. The maximum Gasteiger partial charge on any atom is 0.186 e. The van der Waals surface area contributed by atoms with Gasteiger partial charge in [0.1, 0.15) is 0 Å². The second kappa shape index (κ2) is 5.13. The summed E-state index contributed by atoms with van der Waals surface area (Å²) in [4.78, 5) is 23.9. The summed E-state index contributed by atoms with van der Waals surface area (Å²) in [6.07, 6.45) is 7.51. The molecular formula is C21H24O3. The summed E-state index contributed by atoms with van der Waals surface area (Å²) < 4.78 is 6.05. The molecule has 0 bridgehead atoms. The topological polar surface area (TPSA) is 46.7 Å². The molecule has 1 aromatic carbocycles. The van der Waals surface area contributed by atoms with E-state index >= 15 is 0 Å². The first kappa shape index (κ1) is 15.8. The van der Waals surface area contributed by atoms with Crippen molar-refractivity contribution in [1.29, 1.82) is 0 Å². The Kier molecular flexibility index (Phi) is 3.37. The fourth-order valence-corrected chi connectivity index (χ4v) is 4.70. The van der Waals surface area contributed by atoms with Crippen molar-refractivity contribution in [2.75, 3.05) is 0 Å². The molecule has 1 aliphatic heterocycles. The molecule has 126 valence electrons. The van der Waals surface area contributed by atoms with E-state index < -0.39 is 0 Å². The van der Waals surface area contributed by atoms with Gasteiger partial charge in [-0.15, -0.1) is 0 Å². The van der Waals surface area contributed by atoms with E-state index in [-0.39, 0.29) is 22.6 Å². The lowest BCUT2D eigenvalue weighted by molar-refractivity contribution is 0.0546. The monoisotopic (exact) mass is 324 g/mol. The smallest absolute Gasteiger partial charge is 0.186 e. The highest BCUT2D eigenvalue weighted by Gasteiger charge is 2.66. The fourth-order valence-electron chi connectivity index (χ4n) is 4.70. The lowest BCUT2D eigenvalue weighted by atomic mass is 9.60. The SMILES string of the molecule is CC1CCC2OC2(C)C1(C)CCc1ccc2c(c1)C(=O)C=CC2=O. The first-order valence-electron chi connectivity index (χ1n) is 8.93. The normalized spacial score (nSPS) is 37.1. The molecule has 24 heavy (non-hydrogen) atoms. The number of ether oxygens (including phenoxy) is 1. The van der Waals surface area contributed by atoms with Gasteiger partial charge in [0.15, 0.2) is 11.6 Å². The molecule has 2 aliphatic carbocycles. The molecule has 1 saturated heterocycles. The van der Waals surface area contributed by atoms with Crippen LogP contribution in [0.25, 0.3) is 0 Å². The van der Waals surface area contributed by atoms with E-state index in [1.807, 2.05) is 12.1 Å². The predicted molar refractivity (Wildman–Crippen MR) is 92.3 cm³/mol. The van der Waals surface area contributed by atoms with Gasteiger partial charge in [-0.3, -0.25) is 9.59 Å².